The summed E-state index contributed by atoms with van der Waals surface area (Å²) in [6.45, 7) is 6.57. The average Bonchev–Trinajstić information content (AvgIpc) is 2.19. The first-order valence-electron chi connectivity index (χ1n) is 2.78. The SMILES string of the molecule is C=CCN1C=NCC1.N. The second-order valence-electron chi connectivity index (χ2n) is 1.81. The molecule has 0 aromatic carbocycles. The fourth-order valence-corrected chi connectivity index (χ4v) is 0.721. The third-order valence-corrected chi connectivity index (χ3v) is 1.12. The van der Waals surface area contributed by atoms with Crippen LogP contribution in [-0.2, 0) is 0 Å². The molecule has 0 aliphatic carbocycles. The van der Waals surface area contributed by atoms with Crippen LogP contribution in [0.5, 0.6) is 0 Å². The molecule has 0 spiro atoms. The van der Waals surface area contributed by atoms with Crippen molar-refractivity contribution in [2.75, 3.05) is 19.6 Å². The summed E-state index contributed by atoms with van der Waals surface area (Å²) in [6, 6.07) is 0. The van der Waals surface area contributed by atoms with Crippen LogP contribution in [0.4, 0.5) is 0 Å². The van der Waals surface area contributed by atoms with E-state index in [0.717, 1.165) is 19.6 Å². The molecule has 0 atom stereocenters. The van der Waals surface area contributed by atoms with Gasteiger partial charge < -0.3 is 11.1 Å². The molecule has 0 saturated carbocycles. The minimum atomic E-state index is 0. The summed E-state index contributed by atoms with van der Waals surface area (Å²) in [6.07, 6.45) is 3.76. The van der Waals surface area contributed by atoms with E-state index < -0.39 is 0 Å². The van der Waals surface area contributed by atoms with E-state index >= 15 is 0 Å². The van der Waals surface area contributed by atoms with E-state index in [2.05, 4.69) is 16.5 Å². The zero-order chi connectivity index (χ0) is 5.82. The van der Waals surface area contributed by atoms with Crippen molar-refractivity contribution in [1.82, 2.24) is 11.1 Å². The third-order valence-electron chi connectivity index (χ3n) is 1.12. The fraction of sp³-hybridized carbons (Fsp3) is 0.500. The van der Waals surface area contributed by atoms with Crippen LogP contribution >= 0.6 is 0 Å². The molecule has 3 N–H and O–H groups in total. The Morgan fingerprint density at radius 3 is 3.00 bits per heavy atom. The zero-order valence-corrected chi connectivity index (χ0v) is 5.58. The van der Waals surface area contributed by atoms with Crippen molar-refractivity contribution in [3.05, 3.63) is 12.7 Å². The van der Waals surface area contributed by atoms with E-state index in [1.165, 1.54) is 0 Å². The van der Waals surface area contributed by atoms with Gasteiger partial charge in [-0.15, -0.1) is 6.58 Å². The van der Waals surface area contributed by atoms with E-state index in [4.69, 9.17) is 0 Å². The lowest BCUT2D eigenvalue weighted by Crippen LogP contribution is -2.18. The van der Waals surface area contributed by atoms with Crippen molar-refractivity contribution < 1.29 is 0 Å². The molecule has 52 valence electrons. The minimum absolute atomic E-state index is 0. The number of hydrogen-bond donors (Lipinski definition) is 1. The normalized spacial score (nSPS) is 15.3. The Morgan fingerprint density at radius 1 is 1.78 bits per heavy atom. The minimum Gasteiger partial charge on any atom is -0.357 e. The molecule has 1 rings (SSSR count). The van der Waals surface area contributed by atoms with Crippen LogP contribution in [0.15, 0.2) is 17.6 Å². The van der Waals surface area contributed by atoms with Gasteiger partial charge in [0.1, 0.15) is 0 Å². The lowest BCUT2D eigenvalue weighted by molar-refractivity contribution is 0.519. The van der Waals surface area contributed by atoms with Gasteiger partial charge in [-0.05, 0) is 0 Å². The summed E-state index contributed by atoms with van der Waals surface area (Å²) in [5, 5.41) is 0. The molecule has 0 fully saturated rings. The first kappa shape index (κ1) is 8.17. The number of aliphatic imine (C=N–C) groups is 1. The lowest BCUT2D eigenvalue weighted by Gasteiger charge is -2.08. The Morgan fingerprint density at radius 2 is 2.56 bits per heavy atom. The van der Waals surface area contributed by atoms with Crippen molar-refractivity contribution in [2.24, 2.45) is 4.99 Å². The molecule has 0 unspecified atom stereocenters. The van der Waals surface area contributed by atoms with E-state index in [-0.39, 0.29) is 6.15 Å². The second kappa shape index (κ2) is 4.09. The first-order chi connectivity index (χ1) is 3.93. The summed E-state index contributed by atoms with van der Waals surface area (Å²) in [5.74, 6) is 0. The Labute approximate surface area is 55.7 Å². The van der Waals surface area contributed by atoms with Crippen molar-refractivity contribution in [2.45, 2.75) is 0 Å². The predicted molar refractivity (Wildman–Crippen MR) is 40.2 cm³/mol. The zero-order valence-electron chi connectivity index (χ0n) is 5.58. The quantitative estimate of drug-likeness (QED) is 0.554. The molecule has 0 radical (unpaired) electrons. The van der Waals surface area contributed by atoms with E-state index in [9.17, 15) is 0 Å². The Kier molecular flexibility index (Phi) is 3.71. The highest BCUT2D eigenvalue weighted by Crippen LogP contribution is 1.90. The molecule has 0 amide bonds. The highest BCUT2D eigenvalue weighted by atomic mass is 15.2. The van der Waals surface area contributed by atoms with Gasteiger partial charge in [-0.3, -0.25) is 4.99 Å². The molecule has 0 bridgehead atoms. The summed E-state index contributed by atoms with van der Waals surface area (Å²) in [4.78, 5) is 6.17. The van der Waals surface area contributed by atoms with Crippen molar-refractivity contribution in [1.29, 1.82) is 0 Å². The first-order valence-corrected chi connectivity index (χ1v) is 2.78. The summed E-state index contributed by atoms with van der Waals surface area (Å²) < 4.78 is 0. The van der Waals surface area contributed by atoms with Crippen LogP contribution in [0.3, 0.4) is 0 Å². The molecule has 1 heterocycles. The molecule has 1 aliphatic rings. The van der Waals surface area contributed by atoms with Crippen molar-refractivity contribution in [3.63, 3.8) is 0 Å². The summed E-state index contributed by atoms with van der Waals surface area (Å²) in [7, 11) is 0. The largest absolute Gasteiger partial charge is 0.357 e. The molecular weight excluding hydrogens is 114 g/mol. The van der Waals surface area contributed by atoms with Gasteiger partial charge in [-0.1, -0.05) is 6.08 Å². The maximum Gasteiger partial charge on any atom is 0.0854 e. The van der Waals surface area contributed by atoms with Crippen LogP contribution in [0, 0.1) is 0 Å². The molecule has 3 heteroatoms. The highest BCUT2D eigenvalue weighted by Gasteiger charge is 1.99. The molecule has 9 heavy (non-hydrogen) atoms. The standard InChI is InChI=1S/C6H10N2.H3N/c1-2-4-8-5-3-7-6-8;/h2,6H,1,3-5H2;1H3. The Balaban J connectivity index is 0.000000640. The van der Waals surface area contributed by atoms with E-state index in [1.807, 2.05) is 12.4 Å². The molecular formula is C6H13N3. The van der Waals surface area contributed by atoms with Gasteiger partial charge in [-0.25, -0.2) is 0 Å². The van der Waals surface area contributed by atoms with E-state index in [1.54, 1.807) is 0 Å². The Hall–Kier alpha value is -0.830. The van der Waals surface area contributed by atoms with Crippen molar-refractivity contribution in [3.8, 4) is 0 Å². The van der Waals surface area contributed by atoms with Crippen LogP contribution in [0.2, 0.25) is 0 Å². The van der Waals surface area contributed by atoms with Crippen LogP contribution in [-0.4, -0.2) is 30.9 Å². The fourth-order valence-electron chi connectivity index (χ4n) is 0.721. The van der Waals surface area contributed by atoms with Gasteiger partial charge >= 0.3 is 0 Å². The van der Waals surface area contributed by atoms with Gasteiger partial charge in [0, 0.05) is 13.1 Å². The number of rotatable bonds is 2. The van der Waals surface area contributed by atoms with Gasteiger partial charge in [0.2, 0.25) is 0 Å². The molecule has 0 saturated heterocycles. The summed E-state index contributed by atoms with van der Waals surface area (Å²) >= 11 is 0. The number of hydrogen-bond acceptors (Lipinski definition) is 3. The maximum absolute atomic E-state index is 4.04. The molecule has 0 aromatic rings. The Bertz CT molecular complexity index is 109. The van der Waals surface area contributed by atoms with Gasteiger partial charge in [-0.2, -0.15) is 0 Å². The van der Waals surface area contributed by atoms with Gasteiger partial charge in [0.05, 0.1) is 12.9 Å². The van der Waals surface area contributed by atoms with Crippen LogP contribution in [0.1, 0.15) is 0 Å². The van der Waals surface area contributed by atoms with E-state index in [0.29, 0.717) is 0 Å². The van der Waals surface area contributed by atoms with Crippen LogP contribution < -0.4 is 6.15 Å². The maximum atomic E-state index is 4.04. The lowest BCUT2D eigenvalue weighted by atomic mass is 10.5. The van der Waals surface area contributed by atoms with Crippen LogP contribution in [0.25, 0.3) is 0 Å². The predicted octanol–water partition coefficient (Wildman–Crippen LogP) is 0.678. The third kappa shape index (κ3) is 2.28. The van der Waals surface area contributed by atoms with Gasteiger partial charge in [0.15, 0.2) is 0 Å². The van der Waals surface area contributed by atoms with Crippen molar-refractivity contribution >= 4 is 6.34 Å². The molecule has 1 aliphatic heterocycles. The summed E-state index contributed by atoms with van der Waals surface area (Å²) in [5.41, 5.74) is 0. The molecule has 0 aromatic heterocycles. The number of nitrogens with zero attached hydrogens (tertiary/aromatic N) is 2. The average molecular weight is 127 g/mol. The van der Waals surface area contributed by atoms with Gasteiger partial charge in [0.25, 0.3) is 0 Å². The smallest absolute Gasteiger partial charge is 0.0854 e. The monoisotopic (exact) mass is 127 g/mol. The second-order valence-corrected chi connectivity index (χ2v) is 1.81. The molecule has 3 nitrogen and oxygen atoms in total. The topological polar surface area (TPSA) is 50.6 Å². The highest BCUT2D eigenvalue weighted by molar-refractivity contribution is 5.57.